The van der Waals surface area contributed by atoms with E-state index in [2.05, 4.69) is 31.3 Å². The van der Waals surface area contributed by atoms with Crippen LogP contribution >= 0.6 is 15.9 Å². The van der Waals surface area contributed by atoms with Gasteiger partial charge in [-0.1, -0.05) is 28.1 Å². The Kier molecular flexibility index (Phi) is 4.71. The molecule has 1 N–H and O–H groups in total. The summed E-state index contributed by atoms with van der Waals surface area (Å²) in [5.41, 5.74) is 1.79. The summed E-state index contributed by atoms with van der Waals surface area (Å²) < 4.78 is 16.1. The number of benzene rings is 2. The van der Waals surface area contributed by atoms with Crippen LogP contribution in [-0.2, 0) is 0 Å². The van der Waals surface area contributed by atoms with Crippen LogP contribution in [0.25, 0.3) is 5.69 Å². The van der Waals surface area contributed by atoms with Crippen molar-refractivity contribution in [3.63, 3.8) is 0 Å². The lowest BCUT2D eigenvalue weighted by Gasteiger charge is -2.15. The summed E-state index contributed by atoms with van der Waals surface area (Å²) in [7, 11) is 0. The topological polar surface area (TPSA) is 59.8 Å². The van der Waals surface area contributed by atoms with Gasteiger partial charge >= 0.3 is 0 Å². The molecule has 2 aromatic carbocycles. The average molecular weight is 389 g/mol. The maximum atomic E-state index is 13.9. The zero-order chi connectivity index (χ0) is 17.1. The van der Waals surface area contributed by atoms with Gasteiger partial charge < -0.3 is 5.32 Å². The number of halogens is 2. The number of rotatable bonds is 4. The average Bonchev–Trinajstić information content (AvgIpc) is 3.09. The molecule has 0 aliphatic heterocycles. The van der Waals surface area contributed by atoms with Crippen LogP contribution < -0.4 is 5.32 Å². The summed E-state index contributed by atoms with van der Waals surface area (Å²) in [5.74, 6) is -1.01. The van der Waals surface area contributed by atoms with Gasteiger partial charge in [0.25, 0.3) is 5.91 Å². The third-order valence-corrected chi connectivity index (χ3v) is 4.09. The molecule has 122 valence electrons. The molecule has 0 bridgehead atoms. The first kappa shape index (κ1) is 16.3. The quantitative estimate of drug-likeness (QED) is 0.741. The van der Waals surface area contributed by atoms with Crippen molar-refractivity contribution in [1.29, 1.82) is 0 Å². The van der Waals surface area contributed by atoms with Crippen molar-refractivity contribution < 1.29 is 9.18 Å². The maximum absolute atomic E-state index is 13.9. The minimum absolute atomic E-state index is 0.0179. The number of nitrogens with zero attached hydrogens (tertiary/aromatic N) is 3. The molecule has 24 heavy (non-hydrogen) atoms. The summed E-state index contributed by atoms with van der Waals surface area (Å²) in [5, 5.41) is 6.85. The predicted molar refractivity (Wildman–Crippen MR) is 91.3 cm³/mol. The second-order valence-electron chi connectivity index (χ2n) is 5.25. The lowest BCUT2D eigenvalue weighted by molar-refractivity contribution is 0.0936. The van der Waals surface area contributed by atoms with E-state index >= 15 is 0 Å². The van der Waals surface area contributed by atoms with Gasteiger partial charge in [-0.15, -0.1) is 0 Å². The fraction of sp³-hybridized carbons (Fsp3) is 0.118. The van der Waals surface area contributed by atoms with Crippen LogP contribution in [0.2, 0.25) is 0 Å². The highest BCUT2D eigenvalue weighted by atomic mass is 79.9. The monoisotopic (exact) mass is 388 g/mol. The first-order valence-electron chi connectivity index (χ1n) is 7.25. The second kappa shape index (κ2) is 6.92. The molecule has 1 atom stereocenters. The van der Waals surface area contributed by atoms with E-state index in [1.54, 1.807) is 17.1 Å². The fourth-order valence-electron chi connectivity index (χ4n) is 2.29. The minimum Gasteiger partial charge on any atom is -0.345 e. The summed E-state index contributed by atoms with van der Waals surface area (Å²) in [4.78, 5) is 16.1. The van der Waals surface area contributed by atoms with E-state index in [-0.39, 0.29) is 11.6 Å². The summed E-state index contributed by atoms with van der Waals surface area (Å²) in [6.07, 6.45) is 3.07. The number of carbonyl (C=O) groups is 1. The third kappa shape index (κ3) is 3.51. The van der Waals surface area contributed by atoms with Crippen molar-refractivity contribution in [2.75, 3.05) is 0 Å². The molecule has 0 aliphatic carbocycles. The van der Waals surface area contributed by atoms with Crippen molar-refractivity contribution >= 4 is 21.8 Å². The molecule has 0 aliphatic rings. The molecule has 7 heteroatoms. The number of carbonyl (C=O) groups excluding carboxylic acids is 1. The standard InChI is InChI=1S/C17H14BrFN4O/c1-11(22-17(24)15-7-4-13(18)8-16(15)19)12-2-5-14(6-3-12)23-10-20-9-21-23/h2-11H,1H3,(H,22,24)/t11-/m0/s1. The van der Waals surface area contributed by atoms with Gasteiger partial charge in [-0.05, 0) is 42.8 Å². The van der Waals surface area contributed by atoms with Gasteiger partial charge in [0, 0.05) is 4.47 Å². The normalized spacial score (nSPS) is 12.0. The van der Waals surface area contributed by atoms with E-state index in [0.717, 1.165) is 11.3 Å². The van der Waals surface area contributed by atoms with E-state index in [4.69, 9.17) is 0 Å². The Morgan fingerprint density at radius 2 is 2.00 bits per heavy atom. The Morgan fingerprint density at radius 1 is 1.25 bits per heavy atom. The van der Waals surface area contributed by atoms with Crippen molar-refractivity contribution in [2.24, 2.45) is 0 Å². The number of hydrogen-bond acceptors (Lipinski definition) is 3. The molecular weight excluding hydrogens is 375 g/mol. The van der Waals surface area contributed by atoms with Gasteiger partial charge in [-0.2, -0.15) is 5.10 Å². The van der Waals surface area contributed by atoms with Crippen molar-refractivity contribution in [3.05, 3.63) is 76.5 Å². The van der Waals surface area contributed by atoms with E-state index in [1.165, 1.54) is 18.5 Å². The lowest BCUT2D eigenvalue weighted by Crippen LogP contribution is -2.27. The molecule has 5 nitrogen and oxygen atoms in total. The number of aromatic nitrogens is 3. The van der Waals surface area contributed by atoms with Crippen LogP contribution in [0.15, 0.2) is 59.6 Å². The lowest BCUT2D eigenvalue weighted by atomic mass is 10.1. The molecule has 0 unspecified atom stereocenters. The van der Waals surface area contributed by atoms with E-state index < -0.39 is 11.7 Å². The number of nitrogens with one attached hydrogen (secondary N) is 1. The van der Waals surface area contributed by atoms with Crippen LogP contribution in [0.1, 0.15) is 28.9 Å². The SMILES string of the molecule is C[C@H](NC(=O)c1ccc(Br)cc1F)c1ccc(-n2cncn2)cc1. The van der Waals surface area contributed by atoms with Crippen LogP contribution in [0.3, 0.4) is 0 Å². The zero-order valence-electron chi connectivity index (χ0n) is 12.8. The minimum atomic E-state index is -0.560. The van der Waals surface area contributed by atoms with Gasteiger partial charge in [-0.25, -0.2) is 14.1 Å². The Hall–Kier alpha value is -2.54. The molecule has 0 fully saturated rings. The summed E-state index contributed by atoms with van der Waals surface area (Å²) >= 11 is 3.17. The van der Waals surface area contributed by atoms with Crippen LogP contribution in [0.4, 0.5) is 4.39 Å². The smallest absolute Gasteiger partial charge is 0.254 e. The van der Waals surface area contributed by atoms with Gasteiger partial charge in [0.2, 0.25) is 0 Å². The van der Waals surface area contributed by atoms with Crippen LogP contribution in [0.5, 0.6) is 0 Å². The Balaban J connectivity index is 1.72. The van der Waals surface area contributed by atoms with Crippen molar-refractivity contribution in [1.82, 2.24) is 20.1 Å². The molecule has 3 rings (SSSR count). The molecule has 0 saturated heterocycles. The van der Waals surface area contributed by atoms with Crippen LogP contribution in [0, 0.1) is 5.82 Å². The first-order chi connectivity index (χ1) is 11.5. The largest absolute Gasteiger partial charge is 0.345 e. The van der Waals surface area contributed by atoms with Gasteiger partial charge in [-0.3, -0.25) is 4.79 Å². The van der Waals surface area contributed by atoms with Crippen LogP contribution in [-0.4, -0.2) is 20.7 Å². The Bertz CT molecular complexity index is 850. The van der Waals surface area contributed by atoms with Crippen molar-refractivity contribution in [2.45, 2.75) is 13.0 Å². The molecule has 1 heterocycles. The predicted octanol–water partition coefficient (Wildman–Crippen LogP) is 3.66. The molecule has 0 radical (unpaired) electrons. The van der Waals surface area contributed by atoms with Crippen molar-refractivity contribution in [3.8, 4) is 5.69 Å². The summed E-state index contributed by atoms with van der Waals surface area (Å²) in [6.45, 7) is 1.85. The van der Waals surface area contributed by atoms with E-state index in [0.29, 0.717) is 4.47 Å². The molecule has 1 aromatic heterocycles. The zero-order valence-corrected chi connectivity index (χ0v) is 14.4. The third-order valence-electron chi connectivity index (χ3n) is 3.60. The summed E-state index contributed by atoms with van der Waals surface area (Å²) in [6, 6.07) is 11.6. The molecular formula is C17H14BrFN4O. The highest BCUT2D eigenvalue weighted by molar-refractivity contribution is 9.10. The van der Waals surface area contributed by atoms with E-state index in [1.807, 2.05) is 31.2 Å². The highest BCUT2D eigenvalue weighted by Crippen LogP contribution is 2.18. The highest BCUT2D eigenvalue weighted by Gasteiger charge is 2.15. The first-order valence-corrected chi connectivity index (χ1v) is 8.05. The van der Waals surface area contributed by atoms with Gasteiger partial charge in [0.05, 0.1) is 17.3 Å². The fourth-order valence-corrected chi connectivity index (χ4v) is 2.62. The Labute approximate surface area is 146 Å². The Morgan fingerprint density at radius 3 is 2.62 bits per heavy atom. The number of hydrogen-bond donors (Lipinski definition) is 1. The van der Waals surface area contributed by atoms with Gasteiger partial charge in [0.15, 0.2) is 0 Å². The van der Waals surface area contributed by atoms with E-state index in [9.17, 15) is 9.18 Å². The molecule has 0 spiro atoms. The number of amides is 1. The molecule has 1 amide bonds. The maximum Gasteiger partial charge on any atom is 0.254 e. The van der Waals surface area contributed by atoms with Gasteiger partial charge in [0.1, 0.15) is 18.5 Å². The molecule has 0 saturated carbocycles. The second-order valence-corrected chi connectivity index (χ2v) is 6.17. The molecule has 3 aromatic rings.